The molecule has 1 aliphatic carbocycles. The molecule has 4 heteroatoms. The van der Waals surface area contributed by atoms with Gasteiger partial charge in [-0.3, -0.25) is 9.48 Å². The predicted octanol–water partition coefficient (Wildman–Crippen LogP) is 3.55. The highest BCUT2D eigenvalue weighted by atomic mass is 16.5. The normalized spacial score (nSPS) is 15.7. The molecule has 0 saturated heterocycles. The maximum Gasteiger partial charge on any atom is 0.207 e. The second-order valence-electron chi connectivity index (χ2n) is 5.33. The molecule has 0 atom stereocenters. The first-order valence-electron chi connectivity index (χ1n) is 6.98. The molecule has 0 aliphatic heterocycles. The van der Waals surface area contributed by atoms with Crippen molar-refractivity contribution < 1.29 is 9.53 Å². The minimum Gasteiger partial charge on any atom is -0.493 e. The van der Waals surface area contributed by atoms with Crippen LogP contribution < -0.4 is 4.74 Å². The summed E-state index contributed by atoms with van der Waals surface area (Å²) in [5.41, 5.74) is 1.82. The van der Waals surface area contributed by atoms with E-state index in [2.05, 4.69) is 5.10 Å². The van der Waals surface area contributed by atoms with Crippen molar-refractivity contribution in [3.63, 3.8) is 0 Å². The van der Waals surface area contributed by atoms with E-state index >= 15 is 0 Å². The zero-order chi connectivity index (χ0) is 13.8. The molecular formula is C15H22N2O2. The maximum absolute atomic E-state index is 12.5. The topological polar surface area (TPSA) is 44.1 Å². The summed E-state index contributed by atoms with van der Waals surface area (Å²) in [6, 6.07) is 0.146. The van der Waals surface area contributed by atoms with Gasteiger partial charge in [-0.2, -0.15) is 5.10 Å². The van der Waals surface area contributed by atoms with Crippen molar-refractivity contribution in [1.29, 1.82) is 0 Å². The number of hydrogen-bond acceptors (Lipinski definition) is 3. The summed E-state index contributed by atoms with van der Waals surface area (Å²) < 4.78 is 6.99. The quantitative estimate of drug-likeness (QED) is 0.615. The molecule has 0 radical (unpaired) electrons. The molecule has 1 aromatic heterocycles. The minimum atomic E-state index is 0.0138. The number of rotatable bonds is 4. The van der Waals surface area contributed by atoms with E-state index in [0.717, 1.165) is 12.8 Å². The third-order valence-electron chi connectivity index (χ3n) is 3.54. The number of carbonyl (C=O) groups excluding carboxylic acids is 1. The Morgan fingerprint density at radius 2 is 2.05 bits per heavy atom. The summed E-state index contributed by atoms with van der Waals surface area (Å²) in [5.74, 6) is 0.575. The van der Waals surface area contributed by atoms with Crippen molar-refractivity contribution >= 4 is 5.78 Å². The van der Waals surface area contributed by atoms with Crippen LogP contribution in [0, 0.1) is 0 Å². The Kier molecular flexibility index (Phi) is 4.40. The standard InChI is InChI=1S/C15H22N2O2/c1-11(2)17-15(14(19-3)10-16-17)13(18)9-12-7-5-4-6-8-12/h9-11H,4-8H2,1-3H3. The molecule has 0 bridgehead atoms. The van der Waals surface area contributed by atoms with E-state index in [-0.39, 0.29) is 11.8 Å². The molecule has 1 aliphatic rings. The minimum absolute atomic E-state index is 0.0138. The van der Waals surface area contributed by atoms with Gasteiger partial charge < -0.3 is 4.74 Å². The van der Waals surface area contributed by atoms with E-state index in [1.165, 1.54) is 24.8 Å². The van der Waals surface area contributed by atoms with Crippen molar-refractivity contribution in [2.75, 3.05) is 7.11 Å². The highest BCUT2D eigenvalue weighted by Crippen LogP contribution is 2.26. The molecule has 2 rings (SSSR count). The van der Waals surface area contributed by atoms with Crippen molar-refractivity contribution in [1.82, 2.24) is 9.78 Å². The van der Waals surface area contributed by atoms with Gasteiger partial charge in [-0.05, 0) is 45.6 Å². The van der Waals surface area contributed by atoms with Crippen molar-refractivity contribution in [2.45, 2.75) is 52.0 Å². The lowest BCUT2D eigenvalue weighted by Crippen LogP contribution is -2.13. The Morgan fingerprint density at radius 1 is 1.37 bits per heavy atom. The number of aromatic nitrogens is 2. The van der Waals surface area contributed by atoms with Crippen LogP contribution >= 0.6 is 0 Å². The highest BCUT2D eigenvalue weighted by Gasteiger charge is 2.20. The molecule has 0 N–H and O–H groups in total. The summed E-state index contributed by atoms with van der Waals surface area (Å²) in [6.07, 6.45) is 9.16. The lowest BCUT2D eigenvalue weighted by Gasteiger charge is -2.14. The van der Waals surface area contributed by atoms with Crippen LogP contribution in [0.15, 0.2) is 17.8 Å². The summed E-state index contributed by atoms with van der Waals surface area (Å²) in [4.78, 5) is 12.5. The number of methoxy groups -OCH3 is 1. The van der Waals surface area contributed by atoms with E-state index in [0.29, 0.717) is 11.4 Å². The Morgan fingerprint density at radius 3 is 2.63 bits per heavy atom. The SMILES string of the molecule is COc1cnn(C(C)C)c1C(=O)C=C1CCCCC1. The van der Waals surface area contributed by atoms with Gasteiger partial charge in [0.25, 0.3) is 0 Å². The summed E-state index contributed by atoms with van der Waals surface area (Å²) in [7, 11) is 1.58. The lowest BCUT2D eigenvalue weighted by molar-refractivity contribution is 0.103. The van der Waals surface area contributed by atoms with Crippen LogP contribution in [-0.4, -0.2) is 22.7 Å². The summed E-state index contributed by atoms with van der Waals surface area (Å²) in [5, 5.41) is 4.24. The van der Waals surface area contributed by atoms with E-state index in [4.69, 9.17) is 4.74 Å². The first-order chi connectivity index (χ1) is 9.13. The third-order valence-corrected chi connectivity index (χ3v) is 3.54. The molecule has 0 amide bonds. The van der Waals surface area contributed by atoms with Gasteiger partial charge in [-0.25, -0.2) is 0 Å². The van der Waals surface area contributed by atoms with Crippen molar-refractivity contribution in [3.8, 4) is 5.75 Å². The van der Waals surface area contributed by atoms with Gasteiger partial charge in [-0.1, -0.05) is 12.0 Å². The van der Waals surface area contributed by atoms with Crippen LogP contribution in [0.5, 0.6) is 5.75 Å². The van der Waals surface area contributed by atoms with Gasteiger partial charge in [0.05, 0.1) is 13.3 Å². The number of carbonyl (C=O) groups is 1. The van der Waals surface area contributed by atoms with Gasteiger partial charge in [0.15, 0.2) is 11.4 Å². The van der Waals surface area contributed by atoms with Crippen LogP contribution in [0.1, 0.15) is 62.5 Å². The first-order valence-corrected chi connectivity index (χ1v) is 6.98. The third kappa shape index (κ3) is 3.06. The molecule has 1 fully saturated rings. The fourth-order valence-electron chi connectivity index (χ4n) is 2.53. The zero-order valence-electron chi connectivity index (χ0n) is 12.0. The van der Waals surface area contributed by atoms with Crippen molar-refractivity contribution in [2.24, 2.45) is 0 Å². The number of ketones is 1. The molecule has 1 aromatic rings. The van der Waals surface area contributed by atoms with Crippen LogP contribution in [0.3, 0.4) is 0 Å². The number of hydrogen-bond donors (Lipinski definition) is 0. The number of nitrogens with zero attached hydrogens (tertiary/aromatic N) is 2. The lowest BCUT2D eigenvalue weighted by atomic mass is 9.94. The van der Waals surface area contributed by atoms with E-state index in [9.17, 15) is 4.79 Å². The zero-order valence-corrected chi connectivity index (χ0v) is 12.0. The molecule has 19 heavy (non-hydrogen) atoms. The molecule has 4 nitrogen and oxygen atoms in total. The molecule has 1 heterocycles. The average Bonchev–Trinajstić information content (AvgIpc) is 2.83. The fourth-order valence-corrected chi connectivity index (χ4v) is 2.53. The van der Waals surface area contributed by atoms with Crippen molar-refractivity contribution in [3.05, 3.63) is 23.5 Å². The van der Waals surface area contributed by atoms with Gasteiger partial charge in [0, 0.05) is 6.04 Å². The second kappa shape index (κ2) is 6.04. The van der Waals surface area contributed by atoms with E-state index in [1.54, 1.807) is 24.1 Å². The number of ether oxygens (including phenoxy) is 1. The Bertz CT molecular complexity index is 478. The smallest absolute Gasteiger partial charge is 0.207 e. The first kappa shape index (κ1) is 13.8. The largest absolute Gasteiger partial charge is 0.493 e. The molecule has 0 aromatic carbocycles. The maximum atomic E-state index is 12.5. The van der Waals surface area contributed by atoms with Gasteiger partial charge in [0.2, 0.25) is 5.78 Å². The Hall–Kier alpha value is -1.58. The van der Waals surface area contributed by atoms with Crippen LogP contribution in [-0.2, 0) is 0 Å². The predicted molar refractivity (Wildman–Crippen MR) is 74.7 cm³/mol. The van der Waals surface area contributed by atoms with Gasteiger partial charge in [-0.15, -0.1) is 0 Å². The Labute approximate surface area is 114 Å². The molecule has 0 spiro atoms. The van der Waals surface area contributed by atoms with Crippen LogP contribution in [0.4, 0.5) is 0 Å². The average molecular weight is 262 g/mol. The summed E-state index contributed by atoms with van der Waals surface area (Å²) >= 11 is 0. The number of allylic oxidation sites excluding steroid dienone is 2. The molecule has 104 valence electrons. The van der Waals surface area contributed by atoms with Crippen LogP contribution in [0.25, 0.3) is 0 Å². The Balaban J connectivity index is 2.29. The van der Waals surface area contributed by atoms with Gasteiger partial charge in [0.1, 0.15) is 0 Å². The highest BCUT2D eigenvalue weighted by molar-refractivity contribution is 6.05. The molecule has 0 unspecified atom stereocenters. The second-order valence-corrected chi connectivity index (χ2v) is 5.33. The van der Waals surface area contributed by atoms with Crippen LogP contribution in [0.2, 0.25) is 0 Å². The monoisotopic (exact) mass is 262 g/mol. The fraction of sp³-hybridized carbons (Fsp3) is 0.600. The molecular weight excluding hydrogens is 240 g/mol. The van der Waals surface area contributed by atoms with Gasteiger partial charge >= 0.3 is 0 Å². The van der Waals surface area contributed by atoms with E-state index in [1.807, 2.05) is 13.8 Å². The summed E-state index contributed by atoms with van der Waals surface area (Å²) in [6.45, 7) is 4.02. The van der Waals surface area contributed by atoms with E-state index < -0.39 is 0 Å². The molecule has 1 saturated carbocycles.